The molecule has 0 fully saturated rings. The fraction of sp³-hybridized carbons (Fsp3) is 0.0769. The summed E-state index contributed by atoms with van der Waals surface area (Å²) in [5, 5.41) is 6.21. The van der Waals surface area contributed by atoms with E-state index in [0.717, 1.165) is 21.9 Å². The zero-order valence-corrected chi connectivity index (χ0v) is 17.1. The number of hydrogen-bond acceptors (Lipinski definition) is 4. The maximum absolute atomic E-state index is 12.4. The molecular formula is C26H22N2O3. The minimum Gasteiger partial charge on any atom is -0.496 e. The molecule has 4 aromatic carbocycles. The first-order valence-electron chi connectivity index (χ1n) is 9.90. The molecular weight excluding hydrogens is 388 g/mol. The van der Waals surface area contributed by atoms with Crippen molar-refractivity contribution in [1.29, 1.82) is 0 Å². The lowest BCUT2D eigenvalue weighted by atomic mass is 10.0. The summed E-state index contributed by atoms with van der Waals surface area (Å²) in [5.41, 5.74) is 4.97. The van der Waals surface area contributed by atoms with Crippen LogP contribution in [0.5, 0.6) is 11.5 Å². The molecule has 0 saturated carbocycles. The third-order valence-corrected chi connectivity index (χ3v) is 4.88. The number of carbonyl (C=O) groups excluding carboxylic acids is 1. The SMILES string of the molecule is COc1ccc2ccccc2c1/C=N/NC(=O)c1ccc(OCc2ccccc2)cc1. The second kappa shape index (κ2) is 9.59. The second-order valence-corrected chi connectivity index (χ2v) is 6.90. The van der Waals surface area contributed by atoms with E-state index in [9.17, 15) is 4.79 Å². The van der Waals surface area contributed by atoms with Gasteiger partial charge in [0, 0.05) is 11.1 Å². The third-order valence-electron chi connectivity index (χ3n) is 4.88. The van der Waals surface area contributed by atoms with Gasteiger partial charge in [0.25, 0.3) is 5.91 Å². The molecule has 0 bridgehead atoms. The summed E-state index contributed by atoms with van der Waals surface area (Å²) in [5.74, 6) is 1.09. The van der Waals surface area contributed by atoms with Gasteiger partial charge in [0.2, 0.25) is 0 Å². The Morgan fingerprint density at radius 1 is 0.903 bits per heavy atom. The average molecular weight is 410 g/mol. The molecule has 1 amide bonds. The Balaban J connectivity index is 1.41. The molecule has 0 aromatic heterocycles. The lowest BCUT2D eigenvalue weighted by Gasteiger charge is -2.08. The first kappa shape index (κ1) is 20.2. The minimum absolute atomic E-state index is 0.301. The van der Waals surface area contributed by atoms with Crippen LogP contribution < -0.4 is 14.9 Å². The zero-order chi connectivity index (χ0) is 21.5. The number of nitrogens with zero attached hydrogens (tertiary/aromatic N) is 1. The van der Waals surface area contributed by atoms with Crippen LogP contribution in [0.2, 0.25) is 0 Å². The van der Waals surface area contributed by atoms with Gasteiger partial charge in [0.1, 0.15) is 18.1 Å². The Bertz CT molecular complexity index is 1200. The molecule has 4 rings (SSSR count). The van der Waals surface area contributed by atoms with Crippen LogP contribution in [-0.2, 0) is 6.61 Å². The summed E-state index contributed by atoms with van der Waals surface area (Å²) < 4.78 is 11.2. The van der Waals surface area contributed by atoms with E-state index in [1.807, 2.05) is 66.7 Å². The summed E-state index contributed by atoms with van der Waals surface area (Å²) in [6.45, 7) is 0.476. The molecule has 0 aliphatic rings. The Kier molecular flexibility index (Phi) is 6.24. The average Bonchev–Trinajstić information content (AvgIpc) is 2.83. The Morgan fingerprint density at radius 3 is 2.42 bits per heavy atom. The predicted octanol–water partition coefficient (Wildman–Crippen LogP) is 5.19. The van der Waals surface area contributed by atoms with Crippen LogP contribution >= 0.6 is 0 Å². The Labute approximate surface area is 180 Å². The van der Waals surface area contributed by atoms with Gasteiger partial charge in [-0.3, -0.25) is 4.79 Å². The summed E-state index contributed by atoms with van der Waals surface area (Å²) in [6, 6.07) is 28.7. The number of hydrazone groups is 1. The van der Waals surface area contributed by atoms with E-state index in [1.165, 1.54) is 0 Å². The molecule has 0 radical (unpaired) electrons. The molecule has 31 heavy (non-hydrogen) atoms. The lowest BCUT2D eigenvalue weighted by molar-refractivity contribution is 0.0955. The number of ether oxygens (including phenoxy) is 2. The molecule has 1 N–H and O–H groups in total. The van der Waals surface area contributed by atoms with Gasteiger partial charge in [0.15, 0.2) is 0 Å². The Hall–Kier alpha value is -4.12. The van der Waals surface area contributed by atoms with Gasteiger partial charge >= 0.3 is 0 Å². The molecule has 0 unspecified atom stereocenters. The lowest BCUT2D eigenvalue weighted by Crippen LogP contribution is -2.17. The number of rotatable bonds is 7. The van der Waals surface area contributed by atoms with Crippen molar-refractivity contribution in [3.8, 4) is 11.5 Å². The normalized spacial score (nSPS) is 10.9. The van der Waals surface area contributed by atoms with Crippen molar-refractivity contribution in [2.45, 2.75) is 6.61 Å². The predicted molar refractivity (Wildman–Crippen MR) is 123 cm³/mol. The number of hydrogen-bond donors (Lipinski definition) is 1. The first-order chi connectivity index (χ1) is 15.2. The van der Waals surface area contributed by atoms with Crippen molar-refractivity contribution in [3.05, 3.63) is 108 Å². The largest absolute Gasteiger partial charge is 0.496 e. The van der Waals surface area contributed by atoms with Gasteiger partial charge in [-0.05, 0) is 46.7 Å². The Morgan fingerprint density at radius 2 is 1.65 bits per heavy atom. The zero-order valence-electron chi connectivity index (χ0n) is 17.1. The summed E-state index contributed by atoms with van der Waals surface area (Å²) in [4.78, 5) is 12.4. The van der Waals surface area contributed by atoms with Crippen LogP contribution in [0.3, 0.4) is 0 Å². The topological polar surface area (TPSA) is 59.9 Å². The summed E-state index contributed by atoms with van der Waals surface area (Å²) in [6.07, 6.45) is 1.61. The summed E-state index contributed by atoms with van der Waals surface area (Å²) >= 11 is 0. The molecule has 154 valence electrons. The van der Waals surface area contributed by atoms with Crippen LogP contribution in [0.4, 0.5) is 0 Å². The molecule has 5 nitrogen and oxygen atoms in total. The fourth-order valence-corrected chi connectivity index (χ4v) is 3.25. The van der Waals surface area contributed by atoms with Gasteiger partial charge in [-0.1, -0.05) is 60.7 Å². The van der Waals surface area contributed by atoms with E-state index in [0.29, 0.717) is 23.7 Å². The van der Waals surface area contributed by atoms with Crippen molar-refractivity contribution < 1.29 is 14.3 Å². The van der Waals surface area contributed by atoms with Gasteiger partial charge in [-0.25, -0.2) is 5.43 Å². The third kappa shape index (κ3) is 4.90. The molecule has 4 aromatic rings. The van der Waals surface area contributed by atoms with Crippen LogP contribution in [0.25, 0.3) is 10.8 Å². The molecule has 0 aliphatic heterocycles. The van der Waals surface area contributed by atoms with E-state index in [-0.39, 0.29) is 5.91 Å². The molecule has 0 saturated heterocycles. The van der Waals surface area contributed by atoms with Crippen molar-refractivity contribution in [3.63, 3.8) is 0 Å². The number of benzene rings is 4. The van der Waals surface area contributed by atoms with Crippen LogP contribution in [0.1, 0.15) is 21.5 Å². The summed E-state index contributed by atoms with van der Waals surface area (Å²) in [7, 11) is 1.61. The first-order valence-corrected chi connectivity index (χ1v) is 9.90. The van der Waals surface area contributed by atoms with Crippen molar-refractivity contribution in [2.24, 2.45) is 5.10 Å². The number of nitrogens with one attached hydrogen (secondary N) is 1. The van der Waals surface area contributed by atoms with E-state index in [4.69, 9.17) is 9.47 Å². The minimum atomic E-state index is -0.301. The monoisotopic (exact) mass is 410 g/mol. The van der Waals surface area contributed by atoms with E-state index >= 15 is 0 Å². The highest BCUT2D eigenvalue weighted by atomic mass is 16.5. The van der Waals surface area contributed by atoms with Gasteiger partial charge in [-0.2, -0.15) is 5.10 Å². The van der Waals surface area contributed by atoms with Crippen LogP contribution in [-0.4, -0.2) is 19.2 Å². The van der Waals surface area contributed by atoms with E-state index in [1.54, 1.807) is 37.6 Å². The van der Waals surface area contributed by atoms with E-state index in [2.05, 4.69) is 10.5 Å². The highest BCUT2D eigenvalue weighted by Gasteiger charge is 2.08. The standard InChI is InChI=1S/C26H22N2O3/c1-30-25-16-13-20-9-5-6-10-23(20)24(25)17-27-28-26(29)21-11-14-22(15-12-21)31-18-19-7-3-2-4-8-19/h2-17H,18H2,1H3,(H,28,29)/b27-17+. The van der Waals surface area contributed by atoms with Gasteiger partial charge < -0.3 is 9.47 Å². The number of carbonyl (C=O) groups is 1. The molecule has 0 aliphatic carbocycles. The maximum atomic E-state index is 12.4. The van der Waals surface area contributed by atoms with Crippen molar-refractivity contribution >= 4 is 22.9 Å². The quantitative estimate of drug-likeness (QED) is 0.337. The molecule has 5 heteroatoms. The maximum Gasteiger partial charge on any atom is 0.271 e. The number of amides is 1. The van der Waals surface area contributed by atoms with Crippen LogP contribution in [0, 0.1) is 0 Å². The smallest absolute Gasteiger partial charge is 0.271 e. The van der Waals surface area contributed by atoms with Crippen LogP contribution in [0.15, 0.2) is 96.1 Å². The highest BCUT2D eigenvalue weighted by Crippen LogP contribution is 2.26. The number of fused-ring (bicyclic) bond motifs is 1. The van der Waals surface area contributed by atoms with Crippen molar-refractivity contribution in [2.75, 3.05) is 7.11 Å². The number of methoxy groups -OCH3 is 1. The van der Waals surface area contributed by atoms with E-state index < -0.39 is 0 Å². The highest BCUT2D eigenvalue weighted by molar-refractivity contribution is 6.03. The molecule has 0 spiro atoms. The van der Waals surface area contributed by atoms with Gasteiger partial charge in [-0.15, -0.1) is 0 Å². The van der Waals surface area contributed by atoms with Crippen molar-refractivity contribution in [1.82, 2.24) is 5.43 Å². The second-order valence-electron chi connectivity index (χ2n) is 6.90. The van der Waals surface area contributed by atoms with Gasteiger partial charge in [0.05, 0.1) is 13.3 Å². The molecule has 0 heterocycles. The molecule has 0 atom stereocenters. The fourth-order valence-electron chi connectivity index (χ4n) is 3.25.